The Bertz CT molecular complexity index is 1240. The van der Waals surface area contributed by atoms with Crippen LogP contribution < -0.4 is 5.32 Å². The van der Waals surface area contributed by atoms with Crippen LogP contribution in [0.3, 0.4) is 0 Å². The van der Waals surface area contributed by atoms with E-state index in [1.807, 2.05) is 60.7 Å². The van der Waals surface area contributed by atoms with Crippen LogP contribution in [0.15, 0.2) is 78.9 Å². The van der Waals surface area contributed by atoms with Crippen molar-refractivity contribution in [2.24, 2.45) is 0 Å². The zero-order valence-corrected chi connectivity index (χ0v) is 16.7. The van der Waals surface area contributed by atoms with Crippen LogP contribution in [0.4, 0.5) is 11.4 Å². The van der Waals surface area contributed by atoms with E-state index in [1.54, 1.807) is 19.1 Å². The van der Waals surface area contributed by atoms with Crippen LogP contribution in [0.5, 0.6) is 0 Å². The molecular weight excluding hydrogens is 394 g/mol. The second kappa shape index (κ2) is 8.58. The molecule has 0 aliphatic heterocycles. The van der Waals surface area contributed by atoms with Gasteiger partial charge in [-0.15, -0.1) is 5.10 Å². The van der Waals surface area contributed by atoms with Crippen LogP contribution in [0.25, 0.3) is 22.8 Å². The molecule has 0 atom stereocenters. The third kappa shape index (κ3) is 4.48. The van der Waals surface area contributed by atoms with Gasteiger partial charge in [0.05, 0.1) is 4.92 Å². The zero-order chi connectivity index (χ0) is 21.8. The summed E-state index contributed by atoms with van der Waals surface area (Å²) in [7, 11) is 0. The van der Waals surface area contributed by atoms with Crippen molar-refractivity contribution in [3.8, 4) is 22.8 Å². The highest BCUT2D eigenvalue weighted by atomic mass is 16.6. The molecule has 0 unspecified atom stereocenters. The Morgan fingerprint density at radius 3 is 2.29 bits per heavy atom. The summed E-state index contributed by atoms with van der Waals surface area (Å²) in [6.45, 7) is 1.56. The summed E-state index contributed by atoms with van der Waals surface area (Å²) in [5.74, 6) is 0.711. The van der Waals surface area contributed by atoms with Crippen molar-refractivity contribution in [1.29, 1.82) is 0 Å². The molecule has 31 heavy (non-hydrogen) atoms. The summed E-state index contributed by atoms with van der Waals surface area (Å²) in [5.41, 5.74) is 2.50. The fraction of sp³-hybridized carbons (Fsp3) is 0.0870. The summed E-state index contributed by atoms with van der Waals surface area (Å²) >= 11 is 0. The van der Waals surface area contributed by atoms with E-state index in [9.17, 15) is 14.9 Å². The fourth-order valence-electron chi connectivity index (χ4n) is 3.18. The van der Waals surface area contributed by atoms with Gasteiger partial charge in [-0.05, 0) is 13.0 Å². The molecule has 3 aromatic carbocycles. The molecule has 1 N–H and O–H groups in total. The number of carbonyl (C=O) groups is 1. The molecule has 0 radical (unpaired) electrons. The first-order chi connectivity index (χ1) is 15.0. The third-order valence-electron chi connectivity index (χ3n) is 4.72. The van der Waals surface area contributed by atoms with Crippen molar-refractivity contribution >= 4 is 17.3 Å². The molecule has 0 saturated carbocycles. The molecule has 1 heterocycles. The second-order valence-corrected chi connectivity index (χ2v) is 6.96. The molecule has 8 nitrogen and oxygen atoms in total. The minimum absolute atomic E-state index is 0.0464. The SMILES string of the molecule is Cc1ccc(NC(=O)Cn2nc(-c3ccccc3)nc2-c2ccccc2)cc1[N+](=O)[O-]. The van der Waals surface area contributed by atoms with Gasteiger partial charge in [-0.2, -0.15) is 0 Å². The summed E-state index contributed by atoms with van der Waals surface area (Å²) in [6.07, 6.45) is 0. The lowest BCUT2D eigenvalue weighted by molar-refractivity contribution is -0.385. The minimum atomic E-state index is -0.470. The van der Waals surface area contributed by atoms with E-state index >= 15 is 0 Å². The third-order valence-corrected chi connectivity index (χ3v) is 4.72. The van der Waals surface area contributed by atoms with Gasteiger partial charge in [0.2, 0.25) is 5.91 Å². The predicted molar refractivity (Wildman–Crippen MR) is 117 cm³/mol. The Morgan fingerprint density at radius 1 is 1.00 bits per heavy atom. The van der Waals surface area contributed by atoms with E-state index in [1.165, 1.54) is 10.7 Å². The van der Waals surface area contributed by atoms with Crippen molar-refractivity contribution in [1.82, 2.24) is 14.8 Å². The van der Waals surface area contributed by atoms with Crippen molar-refractivity contribution in [2.45, 2.75) is 13.5 Å². The highest BCUT2D eigenvalue weighted by Crippen LogP contribution is 2.24. The van der Waals surface area contributed by atoms with Gasteiger partial charge in [-0.3, -0.25) is 14.9 Å². The predicted octanol–water partition coefficient (Wildman–Crippen LogP) is 4.47. The number of benzene rings is 3. The summed E-state index contributed by atoms with van der Waals surface area (Å²) < 4.78 is 1.54. The highest BCUT2D eigenvalue weighted by Gasteiger charge is 2.17. The quantitative estimate of drug-likeness (QED) is 0.371. The molecule has 154 valence electrons. The van der Waals surface area contributed by atoms with Gasteiger partial charge in [-0.1, -0.05) is 66.7 Å². The van der Waals surface area contributed by atoms with Crippen molar-refractivity contribution in [3.05, 3.63) is 94.5 Å². The van der Waals surface area contributed by atoms with Crippen LogP contribution in [0.2, 0.25) is 0 Å². The normalized spacial score (nSPS) is 10.6. The van der Waals surface area contributed by atoms with Gasteiger partial charge >= 0.3 is 0 Å². The largest absolute Gasteiger partial charge is 0.324 e. The number of nitrogens with zero attached hydrogens (tertiary/aromatic N) is 4. The molecule has 0 saturated heterocycles. The average Bonchev–Trinajstić information content (AvgIpc) is 3.19. The molecule has 1 amide bonds. The Labute approximate surface area is 178 Å². The first-order valence-corrected chi connectivity index (χ1v) is 9.62. The van der Waals surface area contributed by atoms with Crippen LogP contribution in [0, 0.1) is 17.0 Å². The standard InChI is InChI=1S/C23H19N5O3/c1-16-12-13-19(14-20(16)28(30)31)24-21(29)15-27-23(18-10-6-3-7-11-18)25-22(26-27)17-8-4-2-5-9-17/h2-14H,15H2,1H3,(H,24,29). The summed E-state index contributed by atoms with van der Waals surface area (Å²) in [4.78, 5) is 28.0. The number of hydrogen-bond donors (Lipinski definition) is 1. The van der Waals surface area contributed by atoms with Crippen LogP contribution in [-0.2, 0) is 11.3 Å². The molecule has 0 bridgehead atoms. The van der Waals surface area contributed by atoms with E-state index in [2.05, 4.69) is 15.4 Å². The smallest absolute Gasteiger partial charge is 0.274 e. The number of nitrogens with one attached hydrogen (secondary N) is 1. The van der Waals surface area contributed by atoms with E-state index in [0.717, 1.165) is 11.1 Å². The van der Waals surface area contributed by atoms with Gasteiger partial charge in [0, 0.05) is 28.4 Å². The number of rotatable bonds is 6. The minimum Gasteiger partial charge on any atom is -0.324 e. The topological polar surface area (TPSA) is 103 Å². The number of carbonyl (C=O) groups excluding carboxylic acids is 1. The highest BCUT2D eigenvalue weighted by molar-refractivity contribution is 5.91. The maximum Gasteiger partial charge on any atom is 0.274 e. The molecule has 4 rings (SSSR count). The van der Waals surface area contributed by atoms with Gasteiger partial charge < -0.3 is 5.32 Å². The van der Waals surface area contributed by atoms with Crippen LogP contribution >= 0.6 is 0 Å². The Morgan fingerprint density at radius 2 is 1.65 bits per heavy atom. The first kappa shape index (κ1) is 20.0. The van der Waals surface area contributed by atoms with E-state index in [4.69, 9.17) is 0 Å². The van der Waals surface area contributed by atoms with Gasteiger partial charge in [0.1, 0.15) is 6.54 Å². The molecule has 1 aromatic heterocycles. The van der Waals surface area contributed by atoms with Gasteiger partial charge in [0.25, 0.3) is 5.69 Å². The van der Waals surface area contributed by atoms with E-state index < -0.39 is 4.92 Å². The number of nitro groups is 1. The van der Waals surface area contributed by atoms with Crippen molar-refractivity contribution in [3.63, 3.8) is 0 Å². The fourth-order valence-corrected chi connectivity index (χ4v) is 3.18. The molecule has 0 spiro atoms. The Balaban J connectivity index is 1.63. The average molecular weight is 413 g/mol. The Kier molecular flexibility index (Phi) is 5.53. The van der Waals surface area contributed by atoms with E-state index in [0.29, 0.717) is 22.9 Å². The lowest BCUT2D eigenvalue weighted by Gasteiger charge is -2.08. The summed E-state index contributed by atoms with van der Waals surface area (Å²) in [5, 5.41) is 18.4. The first-order valence-electron chi connectivity index (χ1n) is 9.62. The Hall–Kier alpha value is -4.33. The zero-order valence-electron chi connectivity index (χ0n) is 16.7. The number of aryl methyl sites for hydroxylation is 1. The lowest BCUT2D eigenvalue weighted by atomic mass is 10.2. The number of hydrogen-bond acceptors (Lipinski definition) is 5. The maximum absolute atomic E-state index is 12.7. The molecule has 4 aromatic rings. The number of anilines is 1. The maximum atomic E-state index is 12.7. The monoisotopic (exact) mass is 413 g/mol. The van der Waals surface area contributed by atoms with Crippen LogP contribution in [-0.4, -0.2) is 25.6 Å². The van der Waals surface area contributed by atoms with Crippen LogP contribution in [0.1, 0.15) is 5.56 Å². The second-order valence-electron chi connectivity index (χ2n) is 6.96. The van der Waals surface area contributed by atoms with Gasteiger partial charge in [-0.25, -0.2) is 9.67 Å². The van der Waals surface area contributed by atoms with E-state index in [-0.39, 0.29) is 18.1 Å². The molecule has 0 fully saturated rings. The molecule has 0 aliphatic rings. The van der Waals surface area contributed by atoms with Crippen molar-refractivity contribution < 1.29 is 9.72 Å². The van der Waals surface area contributed by atoms with Crippen molar-refractivity contribution in [2.75, 3.05) is 5.32 Å². The molecule has 0 aliphatic carbocycles. The summed E-state index contributed by atoms with van der Waals surface area (Å²) in [6, 6.07) is 23.6. The van der Waals surface area contributed by atoms with Gasteiger partial charge in [0.15, 0.2) is 11.6 Å². The molecular formula is C23H19N5O3. The number of nitro benzene ring substituents is 1. The lowest BCUT2D eigenvalue weighted by Crippen LogP contribution is -2.20. The number of amides is 1. The number of aromatic nitrogens is 3. The molecule has 8 heteroatoms.